The normalized spacial score (nSPS) is 14.4. The molecule has 1 aromatic heterocycles. The highest BCUT2D eigenvalue weighted by atomic mass is 19.3. The molecule has 1 aliphatic carbocycles. The van der Waals surface area contributed by atoms with Gasteiger partial charge in [0.05, 0.1) is 23.9 Å². The van der Waals surface area contributed by atoms with Gasteiger partial charge in [0.1, 0.15) is 11.5 Å². The van der Waals surface area contributed by atoms with Crippen molar-refractivity contribution in [2.75, 3.05) is 19.2 Å². The molecule has 2 aliphatic rings. The molecule has 0 saturated carbocycles. The highest BCUT2D eigenvalue weighted by molar-refractivity contribution is 6.14. The van der Waals surface area contributed by atoms with Crippen LogP contribution in [0.1, 0.15) is 40.0 Å². The summed E-state index contributed by atoms with van der Waals surface area (Å²) in [6.45, 7) is -2.80. The number of anilines is 1. The highest BCUT2D eigenvalue weighted by Gasteiger charge is 2.26. The van der Waals surface area contributed by atoms with Crippen LogP contribution < -0.4 is 24.3 Å². The topological polar surface area (TPSA) is 78.9 Å². The van der Waals surface area contributed by atoms with Crippen molar-refractivity contribution in [3.63, 3.8) is 0 Å². The maximum Gasteiger partial charge on any atom is 0.387 e. The number of hydrogen-bond acceptors (Lipinski definition) is 6. The number of halogens is 2. The van der Waals surface area contributed by atoms with Gasteiger partial charge in [0.25, 0.3) is 5.91 Å². The number of para-hydroxylation sites is 1. The third-order valence-electron chi connectivity index (χ3n) is 7.99. The van der Waals surface area contributed by atoms with Gasteiger partial charge in [-0.1, -0.05) is 36.4 Å². The second kappa shape index (κ2) is 11.9. The van der Waals surface area contributed by atoms with Crippen LogP contribution in [0.3, 0.4) is 0 Å². The minimum absolute atomic E-state index is 0.00166. The summed E-state index contributed by atoms with van der Waals surface area (Å²) in [5.74, 6) is 1.73. The molecule has 0 spiro atoms. The third kappa shape index (κ3) is 5.64. The van der Waals surface area contributed by atoms with E-state index in [4.69, 9.17) is 23.9 Å². The van der Waals surface area contributed by atoms with Crippen molar-refractivity contribution in [1.29, 1.82) is 0 Å². The van der Waals surface area contributed by atoms with E-state index in [1.807, 2.05) is 42.5 Å². The predicted octanol–water partition coefficient (Wildman–Crippen LogP) is 8.37. The number of nitrogens with one attached hydrogen (secondary N) is 1. The molecule has 45 heavy (non-hydrogen) atoms. The standard InChI is InChI=1S/C36H28F2N2O5/c1-42-25-13-10-22(11-14-25)28-19-24(12-16-30(28)45-36(37)38)39-35(41)33-26-6-2-3-8-29(26)40-34-23(5-4-7-27(33)34)17-21-9-15-31-32(18-21)44-20-43-31/h2-3,6,8-19,36H,4-5,7,20H2,1H3,(H,39,41)/b23-17-. The van der Waals surface area contributed by atoms with Crippen LogP contribution in [-0.4, -0.2) is 31.4 Å². The van der Waals surface area contributed by atoms with E-state index in [0.717, 1.165) is 40.6 Å². The van der Waals surface area contributed by atoms with E-state index >= 15 is 0 Å². The highest BCUT2D eigenvalue weighted by Crippen LogP contribution is 2.39. The summed E-state index contributed by atoms with van der Waals surface area (Å²) in [4.78, 5) is 19.2. The van der Waals surface area contributed by atoms with E-state index in [-0.39, 0.29) is 18.4 Å². The minimum Gasteiger partial charge on any atom is -0.497 e. The number of benzene rings is 4. The average molecular weight is 607 g/mol. The van der Waals surface area contributed by atoms with Crippen molar-refractivity contribution in [2.45, 2.75) is 25.9 Å². The zero-order valence-electron chi connectivity index (χ0n) is 24.3. The summed E-state index contributed by atoms with van der Waals surface area (Å²) < 4.78 is 47.6. The van der Waals surface area contributed by atoms with Crippen molar-refractivity contribution in [3.8, 4) is 34.1 Å². The number of pyridine rings is 1. The molecule has 0 atom stereocenters. The monoisotopic (exact) mass is 606 g/mol. The lowest BCUT2D eigenvalue weighted by molar-refractivity contribution is -0.0494. The van der Waals surface area contributed by atoms with E-state index < -0.39 is 6.61 Å². The molecule has 0 saturated heterocycles. The van der Waals surface area contributed by atoms with Crippen LogP contribution >= 0.6 is 0 Å². The molecule has 1 amide bonds. The lowest BCUT2D eigenvalue weighted by atomic mass is 9.85. The Morgan fingerprint density at radius 1 is 0.956 bits per heavy atom. The Labute approximate surface area is 258 Å². The molecule has 7 nitrogen and oxygen atoms in total. The van der Waals surface area contributed by atoms with Crippen LogP contribution in [0.15, 0.2) is 84.9 Å². The lowest BCUT2D eigenvalue weighted by Gasteiger charge is -2.23. The number of hydrogen-bond donors (Lipinski definition) is 1. The number of carbonyl (C=O) groups excluding carboxylic acids is 1. The van der Waals surface area contributed by atoms with Crippen molar-refractivity contribution >= 4 is 34.1 Å². The number of fused-ring (bicyclic) bond motifs is 3. The second-order valence-corrected chi connectivity index (χ2v) is 10.7. The van der Waals surface area contributed by atoms with Crippen molar-refractivity contribution < 1.29 is 32.5 Å². The molecular formula is C36H28F2N2O5. The van der Waals surface area contributed by atoms with Crippen molar-refractivity contribution in [1.82, 2.24) is 4.98 Å². The van der Waals surface area contributed by atoms with Gasteiger partial charge < -0.3 is 24.3 Å². The average Bonchev–Trinajstić information content (AvgIpc) is 3.52. The van der Waals surface area contributed by atoms with Gasteiger partial charge in [-0.2, -0.15) is 8.78 Å². The van der Waals surface area contributed by atoms with Gasteiger partial charge in [-0.25, -0.2) is 4.98 Å². The molecule has 0 radical (unpaired) electrons. The predicted molar refractivity (Wildman–Crippen MR) is 168 cm³/mol. The quantitative estimate of drug-likeness (QED) is 0.201. The van der Waals surface area contributed by atoms with Crippen LogP contribution in [0.5, 0.6) is 23.0 Å². The molecule has 7 rings (SSSR count). The van der Waals surface area contributed by atoms with Gasteiger partial charge in [-0.15, -0.1) is 0 Å². The van der Waals surface area contributed by atoms with E-state index in [1.165, 1.54) is 6.07 Å². The minimum atomic E-state index is -3.00. The Hall–Kier alpha value is -5.44. The first-order valence-corrected chi connectivity index (χ1v) is 14.5. The Bertz CT molecular complexity index is 1960. The fourth-order valence-corrected chi connectivity index (χ4v) is 5.93. The smallest absolute Gasteiger partial charge is 0.387 e. The number of nitrogens with zero attached hydrogens (tertiary/aromatic N) is 1. The maximum absolute atomic E-state index is 14.1. The molecule has 2 heterocycles. The number of allylic oxidation sites excluding steroid dienone is 1. The molecule has 1 N–H and O–H groups in total. The van der Waals surface area contributed by atoms with Gasteiger partial charge in [-0.3, -0.25) is 4.79 Å². The number of ether oxygens (including phenoxy) is 4. The largest absolute Gasteiger partial charge is 0.497 e. The first kappa shape index (κ1) is 28.3. The zero-order valence-corrected chi connectivity index (χ0v) is 24.3. The number of aromatic nitrogens is 1. The van der Waals surface area contributed by atoms with E-state index in [1.54, 1.807) is 43.5 Å². The van der Waals surface area contributed by atoms with Crippen molar-refractivity contribution in [3.05, 3.63) is 107 Å². The van der Waals surface area contributed by atoms with Crippen LogP contribution in [-0.2, 0) is 6.42 Å². The SMILES string of the molecule is COc1ccc(-c2cc(NC(=O)c3c4c(nc5ccccc35)/C(=C\c3ccc5c(c3)OCO5)CCC4)ccc2OC(F)F)cc1. The molecule has 5 aromatic rings. The number of methoxy groups -OCH3 is 1. The number of amides is 1. The van der Waals surface area contributed by atoms with Crippen LogP contribution in [0.2, 0.25) is 0 Å². The fraction of sp³-hybridized carbons (Fsp3) is 0.167. The Balaban J connectivity index is 1.28. The molecule has 0 bridgehead atoms. The van der Waals surface area contributed by atoms with Crippen LogP contribution in [0.25, 0.3) is 33.7 Å². The maximum atomic E-state index is 14.1. The number of carbonyl (C=O) groups is 1. The number of rotatable bonds is 7. The van der Waals surface area contributed by atoms with Gasteiger partial charge in [0, 0.05) is 16.6 Å². The first-order valence-electron chi connectivity index (χ1n) is 14.5. The Morgan fingerprint density at radius 2 is 1.78 bits per heavy atom. The first-order chi connectivity index (χ1) is 22.0. The van der Waals surface area contributed by atoms with Gasteiger partial charge in [-0.05, 0) is 96.1 Å². The van der Waals surface area contributed by atoms with E-state index in [0.29, 0.717) is 51.6 Å². The Morgan fingerprint density at radius 3 is 2.60 bits per heavy atom. The summed E-state index contributed by atoms with van der Waals surface area (Å²) in [5.41, 5.74) is 6.39. The molecular weight excluding hydrogens is 578 g/mol. The third-order valence-corrected chi connectivity index (χ3v) is 7.99. The van der Waals surface area contributed by atoms with Gasteiger partial charge in [0.2, 0.25) is 6.79 Å². The summed E-state index contributed by atoms with van der Waals surface area (Å²) in [7, 11) is 1.55. The van der Waals surface area contributed by atoms with E-state index in [9.17, 15) is 13.6 Å². The van der Waals surface area contributed by atoms with Crippen molar-refractivity contribution in [2.24, 2.45) is 0 Å². The molecule has 0 unspecified atom stereocenters. The Kier molecular flexibility index (Phi) is 7.51. The fourth-order valence-electron chi connectivity index (χ4n) is 5.93. The molecule has 1 aliphatic heterocycles. The molecule has 226 valence electrons. The molecule has 0 fully saturated rings. The zero-order chi connectivity index (χ0) is 30.9. The molecule has 9 heteroatoms. The van der Waals surface area contributed by atoms with Crippen LogP contribution in [0.4, 0.5) is 14.5 Å². The van der Waals surface area contributed by atoms with Crippen LogP contribution in [0, 0.1) is 0 Å². The summed E-state index contributed by atoms with van der Waals surface area (Å²) >= 11 is 0. The summed E-state index contributed by atoms with van der Waals surface area (Å²) in [6, 6.07) is 25.0. The summed E-state index contributed by atoms with van der Waals surface area (Å²) in [6.07, 6.45) is 4.44. The second-order valence-electron chi connectivity index (χ2n) is 10.7. The lowest BCUT2D eigenvalue weighted by Crippen LogP contribution is -2.19. The summed E-state index contributed by atoms with van der Waals surface area (Å²) in [5, 5.41) is 3.76. The van der Waals surface area contributed by atoms with Gasteiger partial charge >= 0.3 is 6.61 Å². The van der Waals surface area contributed by atoms with E-state index in [2.05, 4.69) is 11.4 Å². The number of alkyl halides is 2. The van der Waals surface area contributed by atoms with Gasteiger partial charge in [0.15, 0.2) is 11.5 Å². The molecule has 4 aromatic carbocycles.